The number of aliphatic carboxylic acids is 1. The fourth-order valence-corrected chi connectivity index (χ4v) is 5.59. The topological polar surface area (TPSA) is 189 Å². The first-order valence-corrected chi connectivity index (χ1v) is 16.8. The van der Waals surface area contributed by atoms with Gasteiger partial charge in [0.1, 0.15) is 6.61 Å². The summed E-state index contributed by atoms with van der Waals surface area (Å²) < 4.78 is 4.79. The van der Waals surface area contributed by atoms with Gasteiger partial charge in [-0.05, 0) is 85.5 Å². The van der Waals surface area contributed by atoms with Gasteiger partial charge in [0.2, 0.25) is 5.91 Å². The van der Waals surface area contributed by atoms with Crippen molar-refractivity contribution >= 4 is 52.4 Å². The van der Waals surface area contributed by atoms with Crippen molar-refractivity contribution in [2.75, 3.05) is 24.4 Å². The van der Waals surface area contributed by atoms with Crippen LogP contribution < -0.4 is 10.6 Å². The molecule has 12 nitrogen and oxygen atoms in total. The normalized spacial score (nSPS) is 13.0. The molecule has 0 fully saturated rings. The number of carbonyl (C=O) groups excluding carboxylic acids is 5. The Morgan fingerprint density at radius 2 is 1.47 bits per heavy atom. The lowest BCUT2D eigenvalue weighted by Gasteiger charge is -2.21. The average Bonchev–Trinajstić information content (AvgIpc) is 3.13. The number of Topliss-reactive ketones (excluding diaryl/α,β-unsaturated/α-hetero) is 2. The monoisotopic (exact) mass is 699 g/mol. The second-order valence-corrected chi connectivity index (χ2v) is 12.3. The Morgan fingerprint density at radius 1 is 0.843 bits per heavy atom. The smallest absolute Gasteiger partial charge is 0.338 e. The fourth-order valence-electron chi connectivity index (χ4n) is 5.59. The van der Waals surface area contributed by atoms with Crippen molar-refractivity contribution in [2.24, 2.45) is 16.8 Å². The molecule has 0 radical (unpaired) electrons. The number of methoxy groups -OCH3 is 1. The summed E-state index contributed by atoms with van der Waals surface area (Å²) in [5.41, 5.74) is 1.97. The number of ether oxygens (including phenoxy) is 1. The maximum Gasteiger partial charge on any atom is 0.338 e. The number of anilines is 2. The van der Waals surface area contributed by atoms with Gasteiger partial charge in [-0.2, -0.15) is 0 Å². The summed E-state index contributed by atoms with van der Waals surface area (Å²) in [6, 6.07) is 20.4. The minimum absolute atomic E-state index is 0.0803. The van der Waals surface area contributed by atoms with Crippen LogP contribution in [-0.2, 0) is 30.5 Å². The first-order valence-electron chi connectivity index (χ1n) is 16.8. The van der Waals surface area contributed by atoms with Crippen LogP contribution >= 0.6 is 0 Å². The van der Waals surface area contributed by atoms with Crippen LogP contribution in [-0.4, -0.2) is 65.0 Å². The van der Waals surface area contributed by atoms with Gasteiger partial charge in [0, 0.05) is 29.8 Å². The van der Waals surface area contributed by atoms with Crippen LogP contribution in [0, 0.1) is 11.8 Å². The van der Waals surface area contributed by atoms with Crippen molar-refractivity contribution in [1.82, 2.24) is 0 Å². The van der Waals surface area contributed by atoms with E-state index in [1.807, 2.05) is 18.2 Å². The highest BCUT2D eigenvalue weighted by atomic mass is 16.5. The zero-order valence-corrected chi connectivity index (χ0v) is 29.3. The molecular weight excluding hydrogens is 654 g/mol. The number of carbonyl (C=O) groups is 6. The van der Waals surface area contributed by atoms with Crippen LogP contribution in [0.1, 0.15) is 90.6 Å². The number of aliphatic imine (C=N–C) groups is 1. The van der Waals surface area contributed by atoms with E-state index >= 15 is 0 Å². The summed E-state index contributed by atoms with van der Waals surface area (Å²) in [6.07, 6.45) is 3.02. The van der Waals surface area contributed by atoms with Crippen molar-refractivity contribution in [2.45, 2.75) is 65.3 Å². The van der Waals surface area contributed by atoms with E-state index in [4.69, 9.17) is 4.74 Å². The van der Waals surface area contributed by atoms with Crippen molar-refractivity contribution in [3.05, 3.63) is 95.1 Å². The number of nitrogens with zero attached hydrogens (tertiary/aromatic N) is 1. The van der Waals surface area contributed by atoms with Crippen LogP contribution in [0.15, 0.2) is 77.8 Å². The molecule has 0 aliphatic rings. The largest absolute Gasteiger partial charge is 0.481 e. The van der Waals surface area contributed by atoms with Crippen LogP contribution in [0.3, 0.4) is 0 Å². The Bertz CT molecular complexity index is 1740. The summed E-state index contributed by atoms with van der Waals surface area (Å²) in [6.45, 7) is 3.85. The molecule has 0 aliphatic carbocycles. The molecule has 0 heterocycles. The summed E-state index contributed by atoms with van der Waals surface area (Å²) in [5, 5.41) is 24.2. The quantitative estimate of drug-likeness (QED) is 0.0515. The molecule has 2 amide bonds. The SMILES string of the molecule is CCC(CCC(CCC(C)C(=O)O)C(=O)Nc1ccc(NC(=O)C(=NCc2cc(C(=O)CO)ccc2C(=O)OC)C(C)=O)cc1)c1ccccc1. The Kier molecular flexibility index (Phi) is 15.4. The second-order valence-electron chi connectivity index (χ2n) is 12.3. The van der Waals surface area contributed by atoms with Crippen molar-refractivity contribution in [3.8, 4) is 0 Å². The summed E-state index contributed by atoms with van der Waals surface area (Å²) in [7, 11) is 1.18. The molecular formula is C39H45N3O9. The molecule has 3 atom stereocenters. The van der Waals surface area contributed by atoms with E-state index < -0.39 is 53.6 Å². The molecule has 3 aromatic carbocycles. The Hall–Kier alpha value is -5.49. The minimum Gasteiger partial charge on any atom is -0.481 e. The van der Waals surface area contributed by atoms with E-state index in [9.17, 15) is 39.0 Å². The molecule has 0 saturated heterocycles. The number of ketones is 2. The number of hydrogen-bond donors (Lipinski definition) is 4. The highest BCUT2D eigenvalue weighted by molar-refractivity contribution is 6.67. The third kappa shape index (κ3) is 11.8. The molecule has 0 aromatic heterocycles. The molecule has 51 heavy (non-hydrogen) atoms. The van der Waals surface area contributed by atoms with Gasteiger partial charge in [0.25, 0.3) is 5.91 Å². The van der Waals surface area contributed by atoms with E-state index in [1.165, 1.54) is 37.8 Å². The summed E-state index contributed by atoms with van der Waals surface area (Å²) in [5.74, 6) is -4.61. The zero-order valence-electron chi connectivity index (χ0n) is 29.3. The molecule has 0 spiro atoms. The van der Waals surface area contributed by atoms with Gasteiger partial charge < -0.3 is 25.6 Å². The molecule has 0 bridgehead atoms. The molecule has 0 saturated carbocycles. The van der Waals surface area contributed by atoms with Crippen molar-refractivity contribution < 1.29 is 43.7 Å². The van der Waals surface area contributed by atoms with Gasteiger partial charge in [0.05, 0.1) is 25.1 Å². The minimum atomic E-state index is -0.907. The molecule has 0 aliphatic heterocycles. The van der Waals surface area contributed by atoms with Crippen LogP contribution in [0.5, 0.6) is 0 Å². The fraction of sp³-hybridized carbons (Fsp3) is 0.359. The average molecular weight is 700 g/mol. The maximum atomic E-state index is 13.5. The predicted octanol–water partition coefficient (Wildman–Crippen LogP) is 5.85. The Morgan fingerprint density at radius 3 is 2.04 bits per heavy atom. The van der Waals surface area contributed by atoms with Gasteiger partial charge >= 0.3 is 11.9 Å². The van der Waals surface area contributed by atoms with Crippen LogP contribution in [0.4, 0.5) is 11.4 Å². The van der Waals surface area contributed by atoms with Gasteiger partial charge in [-0.25, -0.2) is 4.79 Å². The predicted molar refractivity (Wildman–Crippen MR) is 193 cm³/mol. The zero-order chi connectivity index (χ0) is 37.5. The lowest BCUT2D eigenvalue weighted by Crippen LogP contribution is -2.29. The van der Waals surface area contributed by atoms with Crippen LogP contribution in [0.25, 0.3) is 0 Å². The van der Waals surface area contributed by atoms with Gasteiger partial charge in [-0.1, -0.05) is 50.2 Å². The van der Waals surface area contributed by atoms with Gasteiger partial charge in [-0.15, -0.1) is 0 Å². The second kappa shape index (κ2) is 19.6. The highest BCUT2D eigenvalue weighted by Crippen LogP contribution is 2.29. The van der Waals surface area contributed by atoms with E-state index in [-0.39, 0.29) is 35.1 Å². The lowest BCUT2D eigenvalue weighted by atomic mass is 9.85. The standard InChI is InChI=1S/C39H45N3O9/c1-5-26(27-9-7-6-8-10-27)13-14-28(12-11-24(2)38(48)49)36(46)41-31-16-18-32(19-17-31)42-37(47)35(25(3)44)40-22-30-21-29(34(45)23-43)15-20-33(30)39(50)51-4/h6-10,15-21,24,26,28,43H,5,11-14,22-23H2,1-4H3,(H,41,46)(H,42,47)(H,48,49). The molecule has 3 aromatic rings. The number of amides is 2. The van der Waals surface area contributed by atoms with Gasteiger partial charge in [0.15, 0.2) is 17.3 Å². The van der Waals surface area contributed by atoms with Crippen LogP contribution in [0.2, 0.25) is 0 Å². The number of carboxylic acid groups (broad SMARTS) is 1. The van der Waals surface area contributed by atoms with Gasteiger partial charge in [-0.3, -0.25) is 29.0 Å². The summed E-state index contributed by atoms with van der Waals surface area (Å²) >= 11 is 0. The van der Waals surface area contributed by atoms with Crippen molar-refractivity contribution in [1.29, 1.82) is 0 Å². The van der Waals surface area contributed by atoms with E-state index in [0.717, 1.165) is 12.8 Å². The number of esters is 1. The molecule has 12 heteroatoms. The summed E-state index contributed by atoms with van der Waals surface area (Å²) in [4.78, 5) is 78.9. The molecule has 3 unspecified atom stereocenters. The number of carboxylic acids is 1. The first-order chi connectivity index (χ1) is 24.4. The number of hydrogen-bond acceptors (Lipinski definition) is 9. The Balaban J connectivity index is 1.72. The Labute approximate surface area is 297 Å². The lowest BCUT2D eigenvalue weighted by molar-refractivity contribution is -0.141. The molecule has 270 valence electrons. The number of nitrogens with one attached hydrogen (secondary N) is 2. The number of aliphatic hydroxyl groups excluding tert-OH is 1. The van der Waals surface area contributed by atoms with E-state index in [0.29, 0.717) is 30.6 Å². The molecule has 3 rings (SSSR count). The molecule has 4 N–H and O–H groups in total. The number of rotatable bonds is 19. The van der Waals surface area contributed by atoms with E-state index in [1.54, 1.807) is 31.2 Å². The number of benzene rings is 3. The number of aliphatic hydroxyl groups is 1. The third-order valence-corrected chi connectivity index (χ3v) is 8.71. The third-order valence-electron chi connectivity index (χ3n) is 8.71. The van der Waals surface area contributed by atoms with E-state index in [2.05, 4.69) is 34.7 Å². The maximum absolute atomic E-state index is 13.5. The van der Waals surface area contributed by atoms with Crippen molar-refractivity contribution in [3.63, 3.8) is 0 Å². The first kappa shape index (κ1) is 39.9. The highest BCUT2D eigenvalue weighted by Gasteiger charge is 2.24.